The van der Waals surface area contributed by atoms with E-state index in [-0.39, 0.29) is 66.4 Å². The lowest BCUT2D eigenvalue weighted by atomic mass is 9.70. The van der Waals surface area contributed by atoms with Gasteiger partial charge in [0.1, 0.15) is 34.5 Å². The molecule has 0 aliphatic heterocycles. The zero-order valence-corrected chi connectivity index (χ0v) is 28.2. The third-order valence-corrected chi connectivity index (χ3v) is 9.89. The van der Waals surface area contributed by atoms with Crippen molar-refractivity contribution in [2.45, 2.75) is 49.7 Å². The number of benzene rings is 4. The number of aliphatic hydroxyl groups is 2. The van der Waals surface area contributed by atoms with Crippen LogP contribution in [-0.4, -0.2) is 89.8 Å². The highest BCUT2D eigenvalue weighted by molar-refractivity contribution is 6.13. The van der Waals surface area contributed by atoms with E-state index < -0.39 is 82.4 Å². The molecule has 0 bridgehead atoms. The summed E-state index contributed by atoms with van der Waals surface area (Å²) in [6.45, 7) is 2.67. The zero-order valence-electron chi connectivity index (χ0n) is 28.2. The van der Waals surface area contributed by atoms with Gasteiger partial charge in [-0.15, -0.1) is 0 Å². The topological polar surface area (TPSA) is 249 Å². The Kier molecular flexibility index (Phi) is 8.43. The summed E-state index contributed by atoms with van der Waals surface area (Å²) in [7, 11) is 2.41. The molecule has 4 unspecified atom stereocenters. The summed E-state index contributed by atoms with van der Waals surface area (Å²) in [6, 6.07) is 8.53. The first kappa shape index (κ1) is 35.7. The molecule has 14 heteroatoms. The summed E-state index contributed by atoms with van der Waals surface area (Å²) in [5, 5.41) is 87.5. The fourth-order valence-corrected chi connectivity index (χ4v) is 7.81. The fraction of sp³-hybridized carbons (Fsp3) is 0.263. The van der Waals surface area contributed by atoms with Gasteiger partial charge in [-0.3, -0.25) is 9.59 Å². The summed E-state index contributed by atoms with van der Waals surface area (Å²) in [6.07, 6.45) is 0.447. The van der Waals surface area contributed by atoms with Gasteiger partial charge in [-0.1, -0.05) is 12.1 Å². The molecule has 0 amide bonds. The highest BCUT2D eigenvalue weighted by atomic mass is 16.5. The minimum atomic E-state index is -1.81. The van der Waals surface area contributed by atoms with Gasteiger partial charge in [-0.05, 0) is 60.0 Å². The first-order valence-corrected chi connectivity index (χ1v) is 15.9. The van der Waals surface area contributed by atoms with E-state index >= 15 is 0 Å². The van der Waals surface area contributed by atoms with Crippen LogP contribution in [0, 0.1) is 0 Å². The van der Waals surface area contributed by atoms with Gasteiger partial charge in [0.25, 0.3) is 0 Å². The molecule has 14 nitrogen and oxygen atoms in total. The molecular weight excluding hydrogens is 680 g/mol. The number of carboxylic acid groups (broad SMARTS) is 2. The van der Waals surface area contributed by atoms with E-state index in [1.165, 1.54) is 64.5 Å². The number of carbonyl (C=O) groups excluding carboxylic acids is 2. The van der Waals surface area contributed by atoms with Crippen molar-refractivity contribution in [1.82, 2.24) is 0 Å². The lowest BCUT2D eigenvalue weighted by Crippen LogP contribution is -2.41. The number of aromatic hydroxyl groups is 4. The Morgan fingerprint density at radius 2 is 1.00 bits per heavy atom. The van der Waals surface area contributed by atoms with Crippen LogP contribution in [0.15, 0.2) is 60.1 Å². The van der Waals surface area contributed by atoms with E-state index in [1.54, 1.807) is 0 Å². The Morgan fingerprint density at radius 3 is 1.31 bits per heavy atom. The zero-order chi connectivity index (χ0) is 38.2. The molecule has 4 atom stereocenters. The predicted molar refractivity (Wildman–Crippen MR) is 184 cm³/mol. The van der Waals surface area contributed by atoms with Gasteiger partial charge in [0.2, 0.25) is 0 Å². The molecule has 0 fully saturated rings. The van der Waals surface area contributed by atoms with Crippen LogP contribution in [-0.2, 0) is 19.1 Å². The molecular formula is C38H34O14. The number of carbonyl (C=O) groups is 4. The van der Waals surface area contributed by atoms with E-state index in [0.29, 0.717) is 0 Å². The Morgan fingerprint density at radius 1 is 0.654 bits per heavy atom. The number of carboxylic acids is 2. The Hall–Kier alpha value is -6.12. The number of ketones is 2. The second kappa shape index (κ2) is 12.3. The highest BCUT2D eigenvalue weighted by Gasteiger charge is 2.48. The maximum atomic E-state index is 13.3. The van der Waals surface area contributed by atoms with E-state index in [9.17, 15) is 60.0 Å². The third kappa shape index (κ3) is 5.43. The standard InChI is InChI=1S/C38H34O14/c1-37(49)13-21(39)29-19(31(37)23(51-3)11-25(41)42)9-15-5-7-17(33(45)27(15)35(29)47)18-8-6-16-10-20-30(36(48)28(16)34(18)46)22(40)14-38(2,50)32(20)24(52-4)12-26(43)44/h5-12,31-32,45-50H,13-14H2,1-4H3,(H,41,42)(H,43,44)/b23-11-,24-12-. The average Bonchev–Trinajstić information content (AvgIpc) is 3.02. The monoisotopic (exact) mass is 714 g/mol. The van der Waals surface area contributed by atoms with Crippen LogP contribution in [0.25, 0.3) is 32.7 Å². The lowest BCUT2D eigenvalue weighted by molar-refractivity contribution is -0.132. The van der Waals surface area contributed by atoms with E-state index in [0.717, 1.165) is 12.2 Å². The van der Waals surface area contributed by atoms with Crippen molar-refractivity contribution < 1.29 is 69.5 Å². The first-order chi connectivity index (χ1) is 24.3. The number of hydrogen-bond acceptors (Lipinski definition) is 12. The molecule has 0 radical (unpaired) electrons. The SMILES string of the molecule is CO/C(=C\C(=O)O)C1c2cc3ccc(-c4ccc5cc6c(c(O)c5c4O)C(=O)CC(C)(O)C6/C(=C/C(=O)O)OC)c(O)c3c(O)c2C(=O)CC1(C)O. The molecule has 2 aliphatic carbocycles. The molecule has 270 valence electrons. The van der Waals surface area contributed by atoms with Crippen molar-refractivity contribution in [3.63, 3.8) is 0 Å². The summed E-state index contributed by atoms with van der Waals surface area (Å²) >= 11 is 0. The molecule has 2 aliphatic rings. The van der Waals surface area contributed by atoms with Gasteiger partial charge in [0, 0.05) is 24.0 Å². The number of rotatable bonds is 7. The number of fused-ring (bicyclic) bond motifs is 4. The largest absolute Gasteiger partial charge is 0.507 e. The smallest absolute Gasteiger partial charge is 0.331 e. The second-order valence-electron chi connectivity index (χ2n) is 13.5. The second-order valence-corrected chi connectivity index (χ2v) is 13.5. The molecule has 8 N–H and O–H groups in total. The number of ether oxygens (including phenoxy) is 2. The molecule has 0 heterocycles. The molecule has 52 heavy (non-hydrogen) atoms. The average molecular weight is 715 g/mol. The summed E-state index contributed by atoms with van der Waals surface area (Å²) in [5.74, 6) is -9.33. The first-order valence-electron chi connectivity index (χ1n) is 15.9. The molecule has 0 saturated carbocycles. The van der Waals surface area contributed by atoms with Crippen molar-refractivity contribution in [2.24, 2.45) is 0 Å². The van der Waals surface area contributed by atoms with Crippen molar-refractivity contribution in [3.05, 3.63) is 82.3 Å². The van der Waals surface area contributed by atoms with Crippen LogP contribution in [0.1, 0.15) is 70.4 Å². The summed E-state index contributed by atoms with van der Waals surface area (Å²) in [5.41, 5.74) is -4.13. The maximum absolute atomic E-state index is 13.3. The maximum Gasteiger partial charge on any atom is 0.331 e. The Labute approximate surface area is 294 Å². The van der Waals surface area contributed by atoms with Crippen molar-refractivity contribution in [3.8, 4) is 34.1 Å². The molecule has 4 aromatic rings. The van der Waals surface area contributed by atoms with Crippen LogP contribution in [0.4, 0.5) is 0 Å². The van der Waals surface area contributed by atoms with Crippen molar-refractivity contribution >= 4 is 45.0 Å². The molecule has 0 saturated heterocycles. The van der Waals surface area contributed by atoms with E-state index in [1.807, 2.05) is 0 Å². The van der Waals surface area contributed by atoms with Crippen molar-refractivity contribution in [2.75, 3.05) is 14.2 Å². The van der Waals surface area contributed by atoms with Gasteiger partial charge in [-0.25, -0.2) is 9.59 Å². The van der Waals surface area contributed by atoms with Crippen LogP contribution in [0.5, 0.6) is 23.0 Å². The van der Waals surface area contributed by atoms with Crippen LogP contribution in [0.2, 0.25) is 0 Å². The lowest BCUT2D eigenvalue weighted by Gasteiger charge is -2.39. The van der Waals surface area contributed by atoms with Gasteiger partial charge >= 0.3 is 11.9 Å². The number of aliphatic carboxylic acids is 2. The molecule has 4 aromatic carbocycles. The highest BCUT2D eigenvalue weighted by Crippen LogP contribution is 2.54. The fourth-order valence-electron chi connectivity index (χ4n) is 7.81. The van der Waals surface area contributed by atoms with Gasteiger partial charge < -0.3 is 50.3 Å². The van der Waals surface area contributed by atoms with Crippen LogP contribution < -0.4 is 0 Å². The minimum absolute atomic E-state index is 0.0485. The number of phenolic OH excluding ortho intramolecular Hbond substituents is 4. The van der Waals surface area contributed by atoms with Gasteiger partial charge in [-0.2, -0.15) is 0 Å². The summed E-state index contributed by atoms with van der Waals surface area (Å²) < 4.78 is 10.6. The summed E-state index contributed by atoms with van der Waals surface area (Å²) in [4.78, 5) is 49.8. The Bertz CT molecular complexity index is 2160. The van der Waals surface area contributed by atoms with Crippen molar-refractivity contribution in [1.29, 1.82) is 0 Å². The minimum Gasteiger partial charge on any atom is -0.507 e. The van der Waals surface area contributed by atoms with E-state index in [4.69, 9.17) is 9.47 Å². The normalized spacial score (nSPS) is 23.3. The van der Waals surface area contributed by atoms with E-state index in [2.05, 4.69) is 0 Å². The molecule has 6 rings (SSSR count). The Balaban J connectivity index is 1.57. The number of phenols is 4. The molecule has 0 spiro atoms. The number of hydrogen-bond donors (Lipinski definition) is 8. The number of methoxy groups -OCH3 is 2. The van der Waals surface area contributed by atoms with Crippen LogP contribution >= 0.6 is 0 Å². The van der Waals surface area contributed by atoms with Gasteiger partial charge in [0.15, 0.2) is 11.6 Å². The number of Topliss-reactive ketones (excluding diaryl/α,β-unsaturated/α-hetero) is 2. The van der Waals surface area contributed by atoms with Gasteiger partial charge in [0.05, 0.1) is 71.3 Å². The predicted octanol–water partition coefficient (Wildman–Crippen LogP) is 4.55. The quantitative estimate of drug-likeness (QED) is 0.0966. The van der Waals surface area contributed by atoms with Crippen LogP contribution in [0.3, 0.4) is 0 Å². The molecule has 0 aromatic heterocycles. The third-order valence-electron chi connectivity index (χ3n) is 9.89.